The Kier molecular flexibility index (Phi) is 4.24. The number of nitrogens with one attached hydrogen (secondary N) is 1. The number of benzene rings is 1. The van der Waals surface area contributed by atoms with Crippen molar-refractivity contribution in [3.63, 3.8) is 0 Å². The second-order valence-corrected chi connectivity index (χ2v) is 6.73. The van der Waals surface area contributed by atoms with Crippen molar-refractivity contribution >= 4 is 16.9 Å². The molecule has 6 nitrogen and oxygen atoms in total. The first-order valence-electron chi connectivity index (χ1n) is 8.62. The highest BCUT2D eigenvalue weighted by molar-refractivity contribution is 5.78. The number of carbonyl (C=O) groups excluding carboxylic acids is 1. The number of ether oxygens (including phenoxy) is 2. The van der Waals surface area contributed by atoms with E-state index >= 15 is 0 Å². The number of carbonyl (C=O) groups is 1. The van der Waals surface area contributed by atoms with Gasteiger partial charge in [0.05, 0.1) is 23.7 Å². The summed E-state index contributed by atoms with van der Waals surface area (Å²) in [5.74, 6) is 1.45. The van der Waals surface area contributed by atoms with Gasteiger partial charge in [0.25, 0.3) is 0 Å². The third-order valence-electron chi connectivity index (χ3n) is 4.82. The van der Waals surface area contributed by atoms with Crippen LogP contribution in [-0.4, -0.2) is 53.2 Å². The maximum Gasteiger partial charge on any atom is 0.248 e. The molecule has 0 bridgehead atoms. The summed E-state index contributed by atoms with van der Waals surface area (Å²) in [5.41, 5.74) is 3.09. The molecule has 6 heteroatoms. The zero-order chi connectivity index (χ0) is 16.5. The maximum atomic E-state index is 12.3. The molecule has 2 fully saturated rings. The summed E-state index contributed by atoms with van der Waals surface area (Å²) in [4.78, 5) is 22.0. The van der Waals surface area contributed by atoms with Gasteiger partial charge < -0.3 is 19.4 Å². The molecule has 1 aromatic carbocycles. The summed E-state index contributed by atoms with van der Waals surface area (Å²) in [6.07, 6.45) is 2.68. The molecule has 0 unspecified atom stereocenters. The summed E-state index contributed by atoms with van der Waals surface area (Å²) in [6, 6.07) is 6.03. The Morgan fingerprint density at radius 1 is 1.46 bits per heavy atom. The van der Waals surface area contributed by atoms with Gasteiger partial charge in [-0.2, -0.15) is 0 Å². The minimum atomic E-state index is 0.0382. The number of imidazole rings is 1. The Balaban J connectivity index is 1.29. The average molecular weight is 329 g/mol. The molecular formula is C18H23N3O3. The highest BCUT2D eigenvalue weighted by atomic mass is 16.5. The van der Waals surface area contributed by atoms with Crippen molar-refractivity contribution in [2.75, 3.05) is 26.3 Å². The number of para-hydroxylation sites is 1. The van der Waals surface area contributed by atoms with Gasteiger partial charge in [-0.3, -0.25) is 4.79 Å². The van der Waals surface area contributed by atoms with Crippen molar-refractivity contribution in [1.82, 2.24) is 14.9 Å². The van der Waals surface area contributed by atoms with Gasteiger partial charge in [0.1, 0.15) is 19.0 Å². The van der Waals surface area contributed by atoms with Crippen molar-refractivity contribution in [2.24, 2.45) is 5.92 Å². The van der Waals surface area contributed by atoms with E-state index in [4.69, 9.17) is 9.47 Å². The predicted octanol–water partition coefficient (Wildman–Crippen LogP) is 2.03. The number of morpholine rings is 1. The smallest absolute Gasteiger partial charge is 0.248 e. The second-order valence-electron chi connectivity index (χ2n) is 6.73. The molecule has 0 radical (unpaired) electrons. The summed E-state index contributed by atoms with van der Waals surface area (Å²) < 4.78 is 11.3. The standard InChI is InChI=1S/C18H23N3O3/c1-12-3-2-4-14-18(12)20-16(19-14)10-23-11-17(22)21-7-8-24-15(9-21)13-5-6-13/h2-4,13,15H,5-11H2,1H3,(H,19,20)/t15-/m1/s1. The van der Waals surface area contributed by atoms with Crippen LogP contribution < -0.4 is 0 Å². The van der Waals surface area contributed by atoms with E-state index in [2.05, 4.69) is 9.97 Å². The normalized spacial score (nSPS) is 21.4. The Labute approximate surface area is 141 Å². The number of fused-ring (bicyclic) bond motifs is 1. The number of hydrogen-bond donors (Lipinski definition) is 1. The number of aromatic nitrogens is 2. The highest BCUT2D eigenvalue weighted by Gasteiger charge is 2.36. The van der Waals surface area contributed by atoms with Crippen LogP contribution in [0.4, 0.5) is 0 Å². The summed E-state index contributed by atoms with van der Waals surface area (Å²) in [5, 5.41) is 0. The Hall–Kier alpha value is -1.92. The number of amides is 1. The van der Waals surface area contributed by atoms with Gasteiger partial charge in [-0.25, -0.2) is 4.98 Å². The quantitative estimate of drug-likeness (QED) is 0.911. The molecule has 1 N–H and O–H groups in total. The zero-order valence-electron chi connectivity index (χ0n) is 14.0. The molecule has 1 saturated carbocycles. The number of H-pyrrole nitrogens is 1. The van der Waals surface area contributed by atoms with Crippen LogP contribution in [0.15, 0.2) is 18.2 Å². The first-order chi connectivity index (χ1) is 11.7. The zero-order valence-corrected chi connectivity index (χ0v) is 14.0. The molecular weight excluding hydrogens is 306 g/mol. The van der Waals surface area contributed by atoms with Crippen molar-refractivity contribution in [3.8, 4) is 0 Å². The van der Waals surface area contributed by atoms with Crippen LogP contribution >= 0.6 is 0 Å². The second kappa shape index (κ2) is 6.53. The molecule has 1 aromatic heterocycles. The van der Waals surface area contributed by atoms with Crippen molar-refractivity contribution < 1.29 is 14.3 Å². The van der Waals surface area contributed by atoms with E-state index < -0.39 is 0 Å². The number of aromatic amines is 1. The SMILES string of the molecule is Cc1cccc2[nH]c(COCC(=O)N3CCO[C@@H](C4CC4)C3)nc12. The monoisotopic (exact) mass is 329 g/mol. The minimum absolute atomic E-state index is 0.0382. The summed E-state index contributed by atoms with van der Waals surface area (Å²) in [6.45, 7) is 4.44. The molecule has 1 aliphatic heterocycles. The molecule has 1 saturated heterocycles. The molecule has 2 heterocycles. The van der Waals surface area contributed by atoms with Gasteiger partial charge in [0, 0.05) is 13.1 Å². The topological polar surface area (TPSA) is 67.5 Å². The van der Waals surface area contributed by atoms with Gasteiger partial charge in [0.15, 0.2) is 0 Å². The van der Waals surface area contributed by atoms with E-state index in [-0.39, 0.29) is 18.6 Å². The molecule has 1 amide bonds. The lowest BCUT2D eigenvalue weighted by Gasteiger charge is -2.33. The van der Waals surface area contributed by atoms with E-state index in [1.54, 1.807) is 0 Å². The fourth-order valence-electron chi connectivity index (χ4n) is 3.28. The number of aryl methyl sites for hydroxylation is 1. The van der Waals surface area contributed by atoms with Gasteiger partial charge >= 0.3 is 0 Å². The van der Waals surface area contributed by atoms with Gasteiger partial charge in [-0.1, -0.05) is 12.1 Å². The van der Waals surface area contributed by atoms with Crippen LogP contribution in [0.25, 0.3) is 11.0 Å². The van der Waals surface area contributed by atoms with Crippen LogP contribution in [0, 0.1) is 12.8 Å². The highest BCUT2D eigenvalue weighted by Crippen LogP contribution is 2.35. The lowest BCUT2D eigenvalue weighted by atomic mass is 10.2. The van der Waals surface area contributed by atoms with Gasteiger partial charge in [-0.05, 0) is 37.3 Å². The lowest BCUT2D eigenvalue weighted by Crippen LogP contribution is -2.47. The summed E-state index contributed by atoms with van der Waals surface area (Å²) in [7, 11) is 0. The maximum absolute atomic E-state index is 12.3. The molecule has 2 aliphatic rings. The first-order valence-corrected chi connectivity index (χ1v) is 8.62. The van der Waals surface area contributed by atoms with Crippen LogP contribution in [-0.2, 0) is 20.9 Å². The molecule has 1 atom stereocenters. The number of hydrogen-bond acceptors (Lipinski definition) is 4. The molecule has 4 rings (SSSR count). The largest absolute Gasteiger partial charge is 0.374 e. The summed E-state index contributed by atoms with van der Waals surface area (Å²) >= 11 is 0. The fraction of sp³-hybridized carbons (Fsp3) is 0.556. The van der Waals surface area contributed by atoms with Crippen molar-refractivity contribution in [1.29, 1.82) is 0 Å². The molecule has 1 aliphatic carbocycles. The first kappa shape index (κ1) is 15.6. The van der Waals surface area contributed by atoms with Gasteiger partial charge in [-0.15, -0.1) is 0 Å². The van der Waals surface area contributed by atoms with Crippen LogP contribution in [0.1, 0.15) is 24.2 Å². The van der Waals surface area contributed by atoms with Crippen LogP contribution in [0.2, 0.25) is 0 Å². The van der Waals surface area contributed by atoms with E-state index in [0.29, 0.717) is 32.2 Å². The van der Waals surface area contributed by atoms with Crippen molar-refractivity contribution in [2.45, 2.75) is 32.5 Å². The number of nitrogens with zero attached hydrogens (tertiary/aromatic N) is 2. The van der Waals surface area contributed by atoms with Crippen molar-refractivity contribution in [3.05, 3.63) is 29.6 Å². The Morgan fingerprint density at radius 2 is 2.33 bits per heavy atom. The Bertz CT molecular complexity index is 738. The van der Waals surface area contributed by atoms with E-state index in [1.807, 2.05) is 30.0 Å². The molecule has 2 aromatic rings. The average Bonchev–Trinajstić information content (AvgIpc) is 3.36. The molecule has 24 heavy (non-hydrogen) atoms. The molecule has 128 valence electrons. The third-order valence-corrected chi connectivity index (χ3v) is 4.82. The number of rotatable bonds is 5. The molecule has 0 spiro atoms. The van der Waals surface area contributed by atoms with Crippen LogP contribution in [0.3, 0.4) is 0 Å². The lowest BCUT2D eigenvalue weighted by molar-refractivity contribution is -0.144. The van der Waals surface area contributed by atoms with E-state index in [1.165, 1.54) is 12.8 Å². The Morgan fingerprint density at radius 3 is 3.12 bits per heavy atom. The minimum Gasteiger partial charge on any atom is -0.374 e. The fourth-order valence-corrected chi connectivity index (χ4v) is 3.28. The van der Waals surface area contributed by atoms with E-state index in [0.717, 1.165) is 22.4 Å². The third kappa shape index (κ3) is 3.30. The van der Waals surface area contributed by atoms with Gasteiger partial charge in [0.2, 0.25) is 5.91 Å². The van der Waals surface area contributed by atoms with E-state index in [9.17, 15) is 4.79 Å². The van der Waals surface area contributed by atoms with Crippen LogP contribution in [0.5, 0.6) is 0 Å². The predicted molar refractivity (Wildman–Crippen MR) is 89.5 cm³/mol.